The molecule has 5 heteroatoms. The molecule has 0 aliphatic rings. The molecule has 324 valence electrons. The molecular formula is C64H41N3S2. The molecule has 0 saturated heterocycles. The first kappa shape index (κ1) is 39.7. The number of fused-ring (bicyclic) bond motifs is 10. The number of nitrogens with zero attached hydrogens (tertiary/aromatic N) is 3. The van der Waals surface area contributed by atoms with Crippen LogP contribution in [0.25, 0.3) is 89.7 Å². The van der Waals surface area contributed by atoms with Crippen LogP contribution >= 0.6 is 22.7 Å². The first-order chi connectivity index (χ1) is 34.2. The number of rotatable bonds is 8. The molecule has 0 amide bonds. The van der Waals surface area contributed by atoms with Gasteiger partial charge in [0.15, 0.2) is 0 Å². The molecule has 11 aromatic carbocycles. The van der Waals surface area contributed by atoms with Gasteiger partial charge in [0.05, 0.1) is 21.4 Å². The van der Waals surface area contributed by atoms with Gasteiger partial charge in [-0.15, -0.1) is 22.7 Å². The normalized spacial score (nSPS) is 11.8. The lowest BCUT2D eigenvalue weighted by Crippen LogP contribution is -2.13. The molecule has 69 heavy (non-hydrogen) atoms. The molecule has 14 rings (SSSR count). The monoisotopic (exact) mass is 915 g/mol. The minimum atomic E-state index is 1.09. The van der Waals surface area contributed by atoms with E-state index in [9.17, 15) is 0 Å². The van der Waals surface area contributed by atoms with Gasteiger partial charge in [-0.2, -0.15) is 0 Å². The molecule has 0 unspecified atom stereocenters. The van der Waals surface area contributed by atoms with E-state index in [1.807, 2.05) is 22.7 Å². The highest BCUT2D eigenvalue weighted by atomic mass is 32.1. The van der Waals surface area contributed by atoms with Crippen LogP contribution in [0.1, 0.15) is 0 Å². The Morgan fingerprint density at radius 1 is 0.290 bits per heavy atom. The predicted octanol–water partition coefficient (Wildman–Crippen LogP) is 19.3. The molecule has 0 spiro atoms. The molecule has 0 aliphatic heterocycles. The van der Waals surface area contributed by atoms with E-state index in [1.165, 1.54) is 84.0 Å². The fourth-order valence-corrected chi connectivity index (χ4v) is 12.8. The van der Waals surface area contributed by atoms with Gasteiger partial charge >= 0.3 is 0 Å². The Kier molecular flexibility index (Phi) is 9.26. The summed E-state index contributed by atoms with van der Waals surface area (Å²) in [5.41, 5.74) is 12.6. The Balaban J connectivity index is 1.02. The summed E-state index contributed by atoms with van der Waals surface area (Å²) in [7, 11) is 0. The van der Waals surface area contributed by atoms with Crippen molar-refractivity contribution in [3.8, 4) is 16.8 Å². The second kappa shape index (κ2) is 16.1. The minimum absolute atomic E-state index is 1.09. The zero-order chi connectivity index (χ0) is 45.4. The third-order valence-electron chi connectivity index (χ3n) is 13.7. The van der Waals surface area contributed by atoms with Crippen molar-refractivity contribution in [1.29, 1.82) is 0 Å². The average molecular weight is 916 g/mol. The van der Waals surface area contributed by atoms with Crippen LogP contribution in [0.5, 0.6) is 0 Å². The summed E-state index contributed by atoms with van der Waals surface area (Å²) in [6.07, 6.45) is 0. The van der Waals surface area contributed by atoms with Crippen LogP contribution < -0.4 is 9.80 Å². The first-order valence-electron chi connectivity index (χ1n) is 23.4. The average Bonchev–Trinajstić information content (AvgIpc) is 4.09. The summed E-state index contributed by atoms with van der Waals surface area (Å²) < 4.78 is 7.44. The van der Waals surface area contributed by atoms with E-state index in [4.69, 9.17) is 0 Å². The maximum absolute atomic E-state index is 2.48. The van der Waals surface area contributed by atoms with Gasteiger partial charge in [0.2, 0.25) is 0 Å². The van der Waals surface area contributed by atoms with Crippen LogP contribution in [0.15, 0.2) is 249 Å². The Morgan fingerprint density at radius 2 is 0.884 bits per heavy atom. The fourth-order valence-electron chi connectivity index (χ4n) is 10.5. The molecule has 0 bridgehead atoms. The number of anilines is 6. The quantitative estimate of drug-likeness (QED) is 0.150. The lowest BCUT2D eigenvalue weighted by molar-refractivity contribution is 1.18. The van der Waals surface area contributed by atoms with Gasteiger partial charge < -0.3 is 14.4 Å². The molecule has 0 atom stereocenters. The summed E-state index contributed by atoms with van der Waals surface area (Å²) in [6.45, 7) is 0. The van der Waals surface area contributed by atoms with Crippen LogP contribution in [-0.4, -0.2) is 4.57 Å². The Labute approximate surface area is 407 Å². The maximum atomic E-state index is 2.48. The summed E-state index contributed by atoms with van der Waals surface area (Å²) in [6, 6.07) is 91.3. The van der Waals surface area contributed by atoms with Crippen LogP contribution in [0.2, 0.25) is 0 Å². The number of para-hydroxylation sites is 4. The third-order valence-corrected chi connectivity index (χ3v) is 16.0. The molecule has 3 heterocycles. The number of hydrogen-bond acceptors (Lipinski definition) is 4. The van der Waals surface area contributed by atoms with Crippen molar-refractivity contribution in [3.05, 3.63) is 249 Å². The Hall–Kier alpha value is -8.48. The summed E-state index contributed by atoms with van der Waals surface area (Å²) in [4.78, 5) is 4.91. The van der Waals surface area contributed by atoms with E-state index in [2.05, 4.69) is 263 Å². The van der Waals surface area contributed by atoms with Crippen molar-refractivity contribution in [2.75, 3.05) is 9.80 Å². The van der Waals surface area contributed by atoms with Gasteiger partial charge in [-0.05, 0) is 131 Å². The molecule has 0 fully saturated rings. The van der Waals surface area contributed by atoms with Crippen molar-refractivity contribution in [2.24, 2.45) is 0 Å². The number of thiophene rings is 2. The van der Waals surface area contributed by atoms with E-state index < -0.39 is 0 Å². The Morgan fingerprint density at radius 3 is 1.70 bits per heavy atom. The van der Waals surface area contributed by atoms with Crippen molar-refractivity contribution in [2.45, 2.75) is 0 Å². The maximum Gasteiger partial charge on any atom is 0.0661 e. The zero-order valence-electron chi connectivity index (χ0n) is 37.3. The van der Waals surface area contributed by atoms with Crippen LogP contribution in [0, 0.1) is 0 Å². The number of aromatic nitrogens is 1. The predicted molar refractivity (Wildman–Crippen MR) is 299 cm³/mol. The van der Waals surface area contributed by atoms with E-state index in [1.54, 1.807) is 0 Å². The van der Waals surface area contributed by atoms with Gasteiger partial charge in [0, 0.05) is 80.5 Å². The van der Waals surface area contributed by atoms with Gasteiger partial charge in [0.1, 0.15) is 0 Å². The molecule has 0 saturated carbocycles. The van der Waals surface area contributed by atoms with Crippen molar-refractivity contribution in [3.63, 3.8) is 0 Å². The molecule has 3 aromatic heterocycles. The fraction of sp³-hybridized carbons (Fsp3) is 0. The number of benzene rings is 11. The van der Waals surface area contributed by atoms with Gasteiger partial charge in [-0.1, -0.05) is 140 Å². The third kappa shape index (κ3) is 6.62. The van der Waals surface area contributed by atoms with Crippen molar-refractivity contribution >= 4 is 130 Å². The topological polar surface area (TPSA) is 11.4 Å². The molecular weight excluding hydrogens is 875 g/mol. The van der Waals surface area contributed by atoms with Crippen molar-refractivity contribution < 1.29 is 0 Å². The van der Waals surface area contributed by atoms with Gasteiger partial charge in [0.25, 0.3) is 0 Å². The van der Waals surface area contributed by atoms with Crippen LogP contribution in [0.3, 0.4) is 0 Å². The number of hydrogen-bond donors (Lipinski definition) is 0. The van der Waals surface area contributed by atoms with Crippen LogP contribution in [0.4, 0.5) is 34.1 Å². The Bertz CT molecular complexity index is 4260. The van der Waals surface area contributed by atoms with E-state index in [0.717, 1.165) is 39.8 Å². The molecule has 0 radical (unpaired) electrons. The highest BCUT2D eigenvalue weighted by molar-refractivity contribution is 7.26. The summed E-state index contributed by atoms with van der Waals surface area (Å²) >= 11 is 3.74. The van der Waals surface area contributed by atoms with Crippen LogP contribution in [-0.2, 0) is 0 Å². The SMILES string of the molecule is c1ccc(N(c2ccc3ccccc3c2)c2cc(N(c3ccccc3)c3ccc4c(c3)sc3ccccc34)c3sc4ccc(-c5ccc6c(c5)c5ccccc5n6-c5ccccc5)cc4c3c2)cc1. The van der Waals surface area contributed by atoms with E-state index in [-0.39, 0.29) is 0 Å². The molecule has 14 aromatic rings. The summed E-state index contributed by atoms with van der Waals surface area (Å²) in [5, 5.41) is 9.96. The second-order valence-electron chi connectivity index (χ2n) is 17.7. The lowest BCUT2D eigenvalue weighted by atomic mass is 10.00. The zero-order valence-corrected chi connectivity index (χ0v) is 39.0. The standard InChI is InChI=1S/C64H41N3S2/c1-4-18-46(19-5-1)65(49-31-28-42-16-10-11-17-43(42)36-49)51-39-57-56-38-45(44-29-34-59-55(37-44)52-24-12-14-26-58(52)67(59)48-22-8-3-9-23-48)30-35-62(56)69-64(57)60(40-51)66(47-20-6-2-7-21-47)50-32-33-54-53-25-13-15-27-61(53)68-63(54)41-50/h1-41H. The molecule has 0 N–H and O–H groups in total. The van der Waals surface area contributed by atoms with Crippen molar-refractivity contribution in [1.82, 2.24) is 4.57 Å². The summed E-state index contributed by atoms with van der Waals surface area (Å²) in [5.74, 6) is 0. The highest BCUT2D eigenvalue weighted by Crippen LogP contribution is 2.51. The lowest BCUT2D eigenvalue weighted by Gasteiger charge is -2.30. The largest absolute Gasteiger partial charge is 0.310 e. The minimum Gasteiger partial charge on any atom is -0.310 e. The first-order valence-corrected chi connectivity index (χ1v) is 25.0. The van der Waals surface area contributed by atoms with E-state index >= 15 is 0 Å². The molecule has 0 aliphatic carbocycles. The smallest absolute Gasteiger partial charge is 0.0661 e. The highest BCUT2D eigenvalue weighted by Gasteiger charge is 2.24. The second-order valence-corrected chi connectivity index (χ2v) is 19.9. The molecule has 3 nitrogen and oxygen atoms in total. The van der Waals surface area contributed by atoms with E-state index in [0.29, 0.717) is 0 Å². The van der Waals surface area contributed by atoms with Gasteiger partial charge in [-0.3, -0.25) is 0 Å². The van der Waals surface area contributed by atoms with Gasteiger partial charge in [-0.25, -0.2) is 0 Å².